The third-order valence-electron chi connectivity index (χ3n) is 3.46. The standard InChI is InChI=1S/C17H19FN4O2/c1-11(2)23-9-3-8-19-16-14-15(12-4-6-13(18)7-5-12)22-24-17(14)21-10-20-16/h4-7,10-11H,3,8-9H2,1-2H3,(H,19,20,21). The van der Waals surface area contributed by atoms with Gasteiger partial charge in [0.25, 0.3) is 5.71 Å². The maximum Gasteiger partial charge on any atom is 0.263 e. The number of halogens is 1. The molecule has 3 rings (SSSR count). The third-order valence-corrected chi connectivity index (χ3v) is 3.46. The molecule has 0 aliphatic carbocycles. The van der Waals surface area contributed by atoms with E-state index < -0.39 is 0 Å². The van der Waals surface area contributed by atoms with Crippen molar-refractivity contribution in [2.75, 3.05) is 18.5 Å². The Morgan fingerprint density at radius 3 is 2.75 bits per heavy atom. The third kappa shape index (κ3) is 3.68. The molecule has 0 unspecified atom stereocenters. The van der Waals surface area contributed by atoms with Gasteiger partial charge in [-0.2, -0.15) is 4.98 Å². The fourth-order valence-corrected chi connectivity index (χ4v) is 2.32. The van der Waals surface area contributed by atoms with Crippen molar-refractivity contribution in [3.63, 3.8) is 0 Å². The molecule has 0 spiro atoms. The van der Waals surface area contributed by atoms with Gasteiger partial charge < -0.3 is 14.6 Å². The first kappa shape index (κ1) is 16.3. The van der Waals surface area contributed by atoms with E-state index in [0.29, 0.717) is 35.8 Å². The molecule has 3 aromatic rings. The molecule has 0 saturated heterocycles. The zero-order valence-corrected chi connectivity index (χ0v) is 13.6. The maximum atomic E-state index is 13.1. The van der Waals surface area contributed by atoms with Crippen LogP contribution >= 0.6 is 0 Å². The van der Waals surface area contributed by atoms with E-state index in [2.05, 4.69) is 20.4 Å². The minimum atomic E-state index is -0.300. The molecule has 126 valence electrons. The highest BCUT2D eigenvalue weighted by Crippen LogP contribution is 2.31. The van der Waals surface area contributed by atoms with Crippen molar-refractivity contribution in [2.45, 2.75) is 26.4 Å². The molecule has 2 heterocycles. The number of benzene rings is 1. The van der Waals surface area contributed by atoms with E-state index in [9.17, 15) is 4.39 Å². The molecule has 6 nitrogen and oxygen atoms in total. The van der Waals surface area contributed by atoms with E-state index >= 15 is 0 Å². The van der Waals surface area contributed by atoms with Crippen LogP contribution in [0.25, 0.3) is 22.4 Å². The number of aromatic nitrogens is 3. The van der Waals surface area contributed by atoms with Crippen molar-refractivity contribution < 1.29 is 13.7 Å². The van der Waals surface area contributed by atoms with Gasteiger partial charge in [0, 0.05) is 18.7 Å². The lowest BCUT2D eigenvalue weighted by molar-refractivity contribution is 0.0787. The fourth-order valence-electron chi connectivity index (χ4n) is 2.32. The Kier molecular flexibility index (Phi) is 5.00. The second-order valence-electron chi connectivity index (χ2n) is 5.64. The smallest absolute Gasteiger partial charge is 0.263 e. The first-order valence-electron chi connectivity index (χ1n) is 7.87. The Hall–Kier alpha value is -2.54. The van der Waals surface area contributed by atoms with E-state index in [0.717, 1.165) is 12.0 Å². The summed E-state index contributed by atoms with van der Waals surface area (Å²) >= 11 is 0. The first-order chi connectivity index (χ1) is 11.6. The van der Waals surface area contributed by atoms with Gasteiger partial charge in [0.05, 0.1) is 6.10 Å². The average Bonchev–Trinajstić information content (AvgIpc) is 3.00. The minimum absolute atomic E-state index is 0.221. The molecule has 0 fully saturated rings. The van der Waals surface area contributed by atoms with E-state index in [4.69, 9.17) is 9.26 Å². The van der Waals surface area contributed by atoms with Crippen molar-refractivity contribution in [2.24, 2.45) is 0 Å². The number of hydrogen-bond donors (Lipinski definition) is 1. The monoisotopic (exact) mass is 330 g/mol. The lowest BCUT2D eigenvalue weighted by Crippen LogP contribution is -2.10. The van der Waals surface area contributed by atoms with Crippen LogP contribution in [0.1, 0.15) is 20.3 Å². The molecular weight excluding hydrogens is 311 g/mol. The number of nitrogens with zero attached hydrogens (tertiary/aromatic N) is 3. The van der Waals surface area contributed by atoms with Gasteiger partial charge in [0.15, 0.2) is 0 Å². The molecular formula is C17H19FN4O2. The van der Waals surface area contributed by atoms with Crippen molar-refractivity contribution in [3.05, 3.63) is 36.4 Å². The van der Waals surface area contributed by atoms with Gasteiger partial charge in [-0.25, -0.2) is 9.37 Å². The van der Waals surface area contributed by atoms with Crippen LogP contribution in [0.2, 0.25) is 0 Å². The van der Waals surface area contributed by atoms with Crippen LogP contribution in [0.5, 0.6) is 0 Å². The predicted octanol–water partition coefficient (Wildman–Crippen LogP) is 3.65. The van der Waals surface area contributed by atoms with Crippen LogP contribution < -0.4 is 5.32 Å². The van der Waals surface area contributed by atoms with Crippen LogP contribution in [-0.4, -0.2) is 34.4 Å². The summed E-state index contributed by atoms with van der Waals surface area (Å²) in [5.41, 5.74) is 1.73. The van der Waals surface area contributed by atoms with Gasteiger partial charge in [0.2, 0.25) is 0 Å². The summed E-state index contributed by atoms with van der Waals surface area (Å²) < 4.78 is 23.9. The molecule has 0 atom stereocenters. The number of hydrogen-bond acceptors (Lipinski definition) is 6. The highest BCUT2D eigenvalue weighted by molar-refractivity contribution is 5.97. The van der Waals surface area contributed by atoms with E-state index in [1.807, 2.05) is 13.8 Å². The Balaban J connectivity index is 1.81. The molecule has 1 aromatic carbocycles. The summed E-state index contributed by atoms with van der Waals surface area (Å²) in [6.07, 6.45) is 2.49. The van der Waals surface area contributed by atoms with E-state index in [1.54, 1.807) is 12.1 Å². The predicted molar refractivity (Wildman–Crippen MR) is 89.2 cm³/mol. The SMILES string of the molecule is CC(C)OCCCNc1ncnc2onc(-c3ccc(F)cc3)c12. The highest BCUT2D eigenvalue weighted by atomic mass is 19.1. The number of anilines is 1. The Morgan fingerprint density at radius 2 is 2.00 bits per heavy atom. The Bertz CT molecular complexity index is 802. The molecule has 0 radical (unpaired) electrons. The van der Waals surface area contributed by atoms with Crippen molar-refractivity contribution in [1.29, 1.82) is 0 Å². The molecule has 0 saturated carbocycles. The Morgan fingerprint density at radius 1 is 1.21 bits per heavy atom. The van der Waals surface area contributed by atoms with Gasteiger partial charge >= 0.3 is 0 Å². The van der Waals surface area contributed by atoms with Gasteiger partial charge in [0.1, 0.15) is 29.0 Å². The first-order valence-corrected chi connectivity index (χ1v) is 7.87. The molecule has 0 aliphatic heterocycles. The molecule has 0 amide bonds. The van der Waals surface area contributed by atoms with Crippen LogP contribution in [0, 0.1) is 5.82 Å². The maximum absolute atomic E-state index is 13.1. The van der Waals surface area contributed by atoms with Crippen LogP contribution in [0.15, 0.2) is 35.1 Å². The number of rotatable bonds is 7. The lowest BCUT2D eigenvalue weighted by Gasteiger charge is -2.09. The number of ether oxygens (including phenoxy) is 1. The molecule has 0 bridgehead atoms. The van der Waals surface area contributed by atoms with Crippen LogP contribution in [0.3, 0.4) is 0 Å². The van der Waals surface area contributed by atoms with E-state index in [1.165, 1.54) is 18.5 Å². The number of nitrogens with one attached hydrogen (secondary N) is 1. The van der Waals surface area contributed by atoms with Crippen molar-refractivity contribution in [1.82, 2.24) is 15.1 Å². The zero-order chi connectivity index (χ0) is 16.9. The van der Waals surface area contributed by atoms with Gasteiger partial charge in [-0.3, -0.25) is 0 Å². The van der Waals surface area contributed by atoms with E-state index in [-0.39, 0.29) is 11.9 Å². The fraction of sp³-hybridized carbons (Fsp3) is 0.353. The summed E-state index contributed by atoms with van der Waals surface area (Å²) in [6.45, 7) is 5.39. The molecule has 24 heavy (non-hydrogen) atoms. The summed E-state index contributed by atoms with van der Waals surface area (Å²) in [5, 5.41) is 8.01. The largest absolute Gasteiger partial charge is 0.379 e. The topological polar surface area (TPSA) is 73.1 Å². The summed E-state index contributed by atoms with van der Waals surface area (Å²) in [6, 6.07) is 6.08. The quantitative estimate of drug-likeness (QED) is 0.667. The highest BCUT2D eigenvalue weighted by Gasteiger charge is 2.16. The van der Waals surface area contributed by atoms with Crippen LogP contribution in [-0.2, 0) is 4.74 Å². The average molecular weight is 330 g/mol. The van der Waals surface area contributed by atoms with Crippen LogP contribution in [0.4, 0.5) is 10.2 Å². The zero-order valence-electron chi connectivity index (χ0n) is 13.6. The minimum Gasteiger partial charge on any atom is -0.379 e. The normalized spacial score (nSPS) is 11.3. The lowest BCUT2D eigenvalue weighted by atomic mass is 10.1. The molecule has 7 heteroatoms. The van der Waals surface area contributed by atoms with Gasteiger partial charge in [-0.05, 0) is 44.5 Å². The molecule has 2 aromatic heterocycles. The number of fused-ring (bicyclic) bond motifs is 1. The second kappa shape index (κ2) is 7.35. The summed E-state index contributed by atoms with van der Waals surface area (Å²) in [5.74, 6) is 0.344. The van der Waals surface area contributed by atoms with Crippen molar-refractivity contribution >= 4 is 16.9 Å². The Labute approximate surface area is 139 Å². The van der Waals surface area contributed by atoms with Gasteiger partial charge in [-0.15, -0.1) is 0 Å². The summed E-state index contributed by atoms with van der Waals surface area (Å²) in [7, 11) is 0. The van der Waals surface area contributed by atoms with Crippen molar-refractivity contribution in [3.8, 4) is 11.3 Å². The second-order valence-corrected chi connectivity index (χ2v) is 5.64. The summed E-state index contributed by atoms with van der Waals surface area (Å²) in [4.78, 5) is 8.37. The molecule has 1 N–H and O–H groups in total. The van der Waals surface area contributed by atoms with Gasteiger partial charge in [-0.1, -0.05) is 5.16 Å². The molecule has 0 aliphatic rings.